The standard InChI is InChI=1S/C12H15N3O4/c1-13-6-7-14(11(8-13)12(16)17)9-4-2-3-5-10(9)15(18)19/h2-5,11H,6-8H2,1H3,(H,16,17). The minimum absolute atomic E-state index is 0.0571. The number of carboxylic acid groups (broad SMARTS) is 1. The second-order valence-electron chi connectivity index (χ2n) is 4.56. The molecule has 0 bridgehead atoms. The molecule has 19 heavy (non-hydrogen) atoms. The first-order valence-corrected chi connectivity index (χ1v) is 5.92. The largest absolute Gasteiger partial charge is 0.480 e. The third kappa shape index (κ3) is 2.65. The Morgan fingerprint density at radius 3 is 2.74 bits per heavy atom. The Bertz CT molecular complexity index is 506. The van der Waals surface area contributed by atoms with Crippen molar-refractivity contribution in [3.8, 4) is 0 Å². The van der Waals surface area contributed by atoms with E-state index in [-0.39, 0.29) is 5.69 Å². The molecule has 1 N–H and O–H groups in total. The van der Waals surface area contributed by atoms with E-state index in [1.807, 2.05) is 11.9 Å². The summed E-state index contributed by atoms with van der Waals surface area (Å²) in [6.07, 6.45) is 0. The van der Waals surface area contributed by atoms with Gasteiger partial charge >= 0.3 is 5.97 Å². The normalized spacial score (nSPS) is 20.3. The van der Waals surface area contributed by atoms with Gasteiger partial charge in [0.2, 0.25) is 0 Å². The summed E-state index contributed by atoms with van der Waals surface area (Å²) in [4.78, 5) is 25.4. The Labute approximate surface area is 110 Å². The fraction of sp³-hybridized carbons (Fsp3) is 0.417. The molecule has 1 aromatic carbocycles. The molecule has 1 aromatic rings. The van der Waals surface area contributed by atoms with Crippen LogP contribution >= 0.6 is 0 Å². The number of para-hydroxylation sites is 2. The molecule has 1 aliphatic rings. The van der Waals surface area contributed by atoms with Gasteiger partial charge in [-0.15, -0.1) is 0 Å². The zero-order valence-electron chi connectivity index (χ0n) is 10.5. The van der Waals surface area contributed by atoms with E-state index in [0.29, 0.717) is 25.3 Å². The van der Waals surface area contributed by atoms with E-state index in [9.17, 15) is 20.0 Å². The molecule has 0 radical (unpaired) electrons. The molecule has 1 unspecified atom stereocenters. The van der Waals surface area contributed by atoms with Crippen LogP contribution in [-0.4, -0.2) is 53.6 Å². The van der Waals surface area contributed by atoms with Gasteiger partial charge in [0.15, 0.2) is 0 Å². The van der Waals surface area contributed by atoms with Gasteiger partial charge in [0.05, 0.1) is 4.92 Å². The Balaban J connectivity index is 2.39. The van der Waals surface area contributed by atoms with Crippen molar-refractivity contribution in [2.24, 2.45) is 0 Å². The maximum atomic E-state index is 11.3. The lowest BCUT2D eigenvalue weighted by Gasteiger charge is -2.38. The van der Waals surface area contributed by atoms with Gasteiger partial charge in [-0.25, -0.2) is 4.79 Å². The van der Waals surface area contributed by atoms with Crippen LogP contribution < -0.4 is 4.90 Å². The van der Waals surface area contributed by atoms with Crippen LogP contribution in [0, 0.1) is 10.1 Å². The van der Waals surface area contributed by atoms with Crippen LogP contribution in [0.5, 0.6) is 0 Å². The van der Waals surface area contributed by atoms with Crippen molar-refractivity contribution in [3.63, 3.8) is 0 Å². The summed E-state index contributed by atoms with van der Waals surface area (Å²) in [5.74, 6) is -0.968. The Hall–Kier alpha value is -2.15. The molecule has 102 valence electrons. The first kappa shape index (κ1) is 13.3. The number of nitro benzene ring substituents is 1. The molecule has 1 heterocycles. The average molecular weight is 265 g/mol. The topological polar surface area (TPSA) is 86.9 Å². The third-order valence-corrected chi connectivity index (χ3v) is 3.26. The smallest absolute Gasteiger partial charge is 0.327 e. The number of aliphatic carboxylic acids is 1. The summed E-state index contributed by atoms with van der Waals surface area (Å²) in [7, 11) is 1.84. The maximum Gasteiger partial charge on any atom is 0.327 e. The Morgan fingerprint density at radius 1 is 1.42 bits per heavy atom. The van der Waals surface area contributed by atoms with Crippen LogP contribution in [0.15, 0.2) is 24.3 Å². The van der Waals surface area contributed by atoms with Crippen molar-refractivity contribution >= 4 is 17.3 Å². The minimum Gasteiger partial charge on any atom is -0.480 e. The number of carboxylic acids is 1. The number of benzene rings is 1. The van der Waals surface area contributed by atoms with Gasteiger partial charge in [0.1, 0.15) is 11.7 Å². The summed E-state index contributed by atoms with van der Waals surface area (Å²) in [6.45, 7) is 1.48. The van der Waals surface area contributed by atoms with E-state index in [2.05, 4.69) is 0 Å². The lowest BCUT2D eigenvalue weighted by molar-refractivity contribution is -0.384. The molecule has 7 heteroatoms. The molecule has 0 aliphatic carbocycles. The zero-order valence-corrected chi connectivity index (χ0v) is 10.5. The SMILES string of the molecule is CN1CCN(c2ccccc2[N+](=O)[O-])C(C(=O)O)C1. The van der Waals surface area contributed by atoms with E-state index in [1.165, 1.54) is 6.07 Å². The van der Waals surface area contributed by atoms with E-state index in [0.717, 1.165) is 0 Å². The monoisotopic (exact) mass is 265 g/mol. The van der Waals surface area contributed by atoms with Gasteiger partial charge in [-0.1, -0.05) is 12.1 Å². The number of likely N-dealkylation sites (N-methyl/N-ethyl adjacent to an activating group) is 1. The number of nitrogens with zero attached hydrogens (tertiary/aromatic N) is 3. The molecule has 1 aliphatic heterocycles. The summed E-state index contributed by atoms with van der Waals surface area (Å²) in [6, 6.07) is 5.48. The number of rotatable bonds is 3. The van der Waals surface area contributed by atoms with Gasteiger partial charge in [0, 0.05) is 25.7 Å². The number of anilines is 1. The molecule has 1 fully saturated rings. The molecule has 0 amide bonds. The predicted molar refractivity (Wildman–Crippen MR) is 69.4 cm³/mol. The van der Waals surface area contributed by atoms with E-state index in [4.69, 9.17) is 0 Å². The summed E-state index contributed by atoms with van der Waals surface area (Å²) in [5, 5.41) is 20.3. The molecule has 1 saturated heterocycles. The number of piperazine rings is 1. The van der Waals surface area contributed by atoms with Crippen LogP contribution in [0.2, 0.25) is 0 Å². The lowest BCUT2D eigenvalue weighted by atomic mass is 10.1. The second-order valence-corrected chi connectivity index (χ2v) is 4.56. The van der Waals surface area contributed by atoms with Gasteiger partial charge < -0.3 is 14.9 Å². The van der Waals surface area contributed by atoms with Crippen molar-refractivity contribution < 1.29 is 14.8 Å². The van der Waals surface area contributed by atoms with Gasteiger partial charge in [-0.05, 0) is 13.1 Å². The second kappa shape index (κ2) is 5.23. The molecular weight excluding hydrogens is 250 g/mol. The van der Waals surface area contributed by atoms with Crippen molar-refractivity contribution in [2.45, 2.75) is 6.04 Å². The fourth-order valence-corrected chi connectivity index (χ4v) is 2.28. The maximum absolute atomic E-state index is 11.3. The van der Waals surface area contributed by atoms with Crippen LogP contribution in [0.3, 0.4) is 0 Å². The molecular formula is C12H15N3O4. The first-order valence-electron chi connectivity index (χ1n) is 5.92. The van der Waals surface area contributed by atoms with Crippen LogP contribution in [-0.2, 0) is 4.79 Å². The fourth-order valence-electron chi connectivity index (χ4n) is 2.28. The van der Waals surface area contributed by atoms with E-state index < -0.39 is 16.9 Å². The number of carbonyl (C=O) groups is 1. The van der Waals surface area contributed by atoms with Crippen molar-refractivity contribution in [1.82, 2.24) is 4.90 Å². The predicted octanol–water partition coefficient (Wildman–Crippen LogP) is 0.800. The highest BCUT2D eigenvalue weighted by atomic mass is 16.6. The molecule has 1 atom stereocenters. The van der Waals surface area contributed by atoms with Crippen LogP contribution in [0.1, 0.15) is 0 Å². The molecule has 0 spiro atoms. The molecule has 7 nitrogen and oxygen atoms in total. The molecule has 0 aromatic heterocycles. The van der Waals surface area contributed by atoms with E-state index in [1.54, 1.807) is 23.1 Å². The number of hydrogen-bond donors (Lipinski definition) is 1. The minimum atomic E-state index is -0.968. The van der Waals surface area contributed by atoms with Gasteiger partial charge in [-0.2, -0.15) is 0 Å². The van der Waals surface area contributed by atoms with E-state index >= 15 is 0 Å². The number of nitro groups is 1. The molecule has 2 rings (SSSR count). The van der Waals surface area contributed by atoms with Crippen molar-refractivity contribution in [1.29, 1.82) is 0 Å². The third-order valence-electron chi connectivity index (χ3n) is 3.26. The lowest BCUT2D eigenvalue weighted by Crippen LogP contribution is -2.55. The van der Waals surface area contributed by atoms with Crippen molar-refractivity contribution in [3.05, 3.63) is 34.4 Å². The average Bonchev–Trinajstić information content (AvgIpc) is 2.38. The van der Waals surface area contributed by atoms with Gasteiger partial charge in [0.25, 0.3) is 5.69 Å². The highest BCUT2D eigenvalue weighted by Crippen LogP contribution is 2.30. The quantitative estimate of drug-likeness (QED) is 0.642. The summed E-state index contributed by atoms with van der Waals surface area (Å²) < 4.78 is 0. The van der Waals surface area contributed by atoms with Crippen molar-refractivity contribution in [2.75, 3.05) is 31.6 Å². The summed E-state index contributed by atoms with van der Waals surface area (Å²) >= 11 is 0. The summed E-state index contributed by atoms with van der Waals surface area (Å²) in [5.41, 5.74) is 0.311. The molecule has 0 saturated carbocycles. The highest BCUT2D eigenvalue weighted by molar-refractivity contribution is 5.80. The van der Waals surface area contributed by atoms with Crippen LogP contribution in [0.25, 0.3) is 0 Å². The first-order chi connectivity index (χ1) is 9.00. The highest BCUT2D eigenvalue weighted by Gasteiger charge is 2.34. The Morgan fingerprint density at radius 2 is 2.11 bits per heavy atom. The zero-order chi connectivity index (χ0) is 14.0. The Kier molecular flexibility index (Phi) is 3.66. The number of hydrogen-bond acceptors (Lipinski definition) is 5. The van der Waals surface area contributed by atoms with Crippen LogP contribution in [0.4, 0.5) is 11.4 Å². The van der Waals surface area contributed by atoms with Gasteiger partial charge in [-0.3, -0.25) is 10.1 Å².